The molecule has 0 atom stereocenters. The molecule has 24 heavy (non-hydrogen) atoms. The van der Waals surface area contributed by atoms with E-state index in [0.717, 1.165) is 28.7 Å². The number of nitrogens with one attached hydrogen (secondary N) is 1. The predicted molar refractivity (Wildman–Crippen MR) is 100 cm³/mol. The van der Waals surface area contributed by atoms with Gasteiger partial charge in [-0.2, -0.15) is 5.10 Å². The Morgan fingerprint density at radius 2 is 2.04 bits per heavy atom. The van der Waals surface area contributed by atoms with Crippen LogP contribution in [0.2, 0.25) is 5.02 Å². The van der Waals surface area contributed by atoms with Gasteiger partial charge in [-0.15, -0.1) is 12.4 Å². The molecule has 0 unspecified atom stereocenters. The molecular weight excluding hydrogens is 345 g/mol. The summed E-state index contributed by atoms with van der Waals surface area (Å²) in [6, 6.07) is 10.3. The molecule has 6 heteroatoms. The molecule has 1 aliphatic rings. The van der Waals surface area contributed by atoms with Crippen molar-refractivity contribution in [3.05, 3.63) is 46.6 Å². The van der Waals surface area contributed by atoms with Crippen LogP contribution < -0.4 is 10.1 Å². The highest BCUT2D eigenvalue weighted by Gasteiger charge is 2.20. The summed E-state index contributed by atoms with van der Waals surface area (Å²) in [4.78, 5) is 0. The first-order valence-electron chi connectivity index (χ1n) is 8.36. The van der Waals surface area contributed by atoms with E-state index in [1.165, 1.54) is 32.1 Å². The van der Waals surface area contributed by atoms with E-state index >= 15 is 0 Å². The Bertz CT molecular complexity index is 639. The highest BCUT2D eigenvalue weighted by atomic mass is 35.5. The van der Waals surface area contributed by atoms with Gasteiger partial charge >= 0.3 is 0 Å². The Morgan fingerprint density at radius 1 is 1.25 bits per heavy atom. The van der Waals surface area contributed by atoms with Gasteiger partial charge < -0.3 is 10.1 Å². The van der Waals surface area contributed by atoms with E-state index in [4.69, 9.17) is 21.4 Å². The Kier molecular flexibility index (Phi) is 7.40. The summed E-state index contributed by atoms with van der Waals surface area (Å²) in [5, 5.41) is 8.66. The normalized spacial score (nSPS) is 15.1. The van der Waals surface area contributed by atoms with Crippen molar-refractivity contribution in [2.24, 2.45) is 0 Å². The molecule has 1 aromatic carbocycles. The van der Waals surface area contributed by atoms with Gasteiger partial charge in [0, 0.05) is 17.6 Å². The molecule has 0 amide bonds. The fourth-order valence-corrected chi connectivity index (χ4v) is 3.38. The Labute approximate surface area is 154 Å². The van der Waals surface area contributed by atoms with Crippen molar-refractivity contribution < 1.29 is 4.74 Å². The number of hydrogen-bond donors (Lipinski definition) is 1. The summed E-state index contributed by atoms with van der Waals surface area (Å²) in [6.07, 6.45) is 6.27. The third kappa shape index (κ3) is 4.88. The Balaban J connectivity index is 0.00000208. The zero-order valence-electron chi connectivity index (χ0n) is 14.0. The lowest BCUT2D eigenvalue weighted by Crippen LogP contribution is -2.16. The number of nitrogens with zero attached hydrogens (tertiary/aromatic N) is 2. The van der Waals surface area contributed by atoms with Crippen molar-refractivity contribution in [1.82, 2.24) is 15.1 Å². The summed E-state index contributed by atoms with van der Waals surface area (Å²) < 4.78 is 8.17. The van der Waals surface area contributed by atoms with Gasteiger partial charge in [0.2, 0.25) is 5.88 Å². The summed E-state index contributed by atoms with van der Waals surface area (Å²) in [5.74, 6) is 0.863. The zero-order chi connectivity index (χ0) is 16.1. The molecule has 0 spiro atoms. The smallest absolute Gasteiger partial charge is 0.212 e. The summed E-state index contributed by atoms with van der Waals surface area (Å²) in [6.45, 7) is 1.27. The standard InChI is InChI=1S/C18H24ClN3O.ClH/c1-20-12-16-11-18(22(21-16)17-8-3-2-4-9-17)23-13-14-6-5-7-15(19)10-14;/h5-7,10-11,17,20H,2-4,8-9,12-13H2,1H3;1H. The molecule has 3 rings (SSSR count). The molecule has 2 aromatic rings. The highest BCUT2D eigenvalue weighted by molar-refractivity contribution is 6.30. The van der Waals surface area contributed by atoms with Crippen molar-refractivity contribution in [2.75, 3.05) is 7.05 Å². The van der Waals surface area contributed by atoms with Crippen LogP contribution in [-0.2, 0) is 13.2 Å². The second-order valence-electron chi connectivity index (χ2n) is 6.16. The molecule has 1 heterocycles. The van der Waals surface area contributed by atoms with E-state index in [0.29, 0.717) is 12.6 Å². The van der Waals surface area contributed by atoms with E-state index in [-0.39, 0.29) is 12.4 Å². The SMILES string of the molecule is CNCc1cc(OCc2cccc(Cl)c2)n(C2CCCCC2)n1.Cl. The maximum Gasteiger partial charge on any atom is 0.212 e. The average Bonchev–Trinajstić information content (AvgIpc) is 2.97. The van der Waals surface area contributed by atoms with Gasteiger partial charge in [0.15, 0.2) is 0 Å². The van der Waals surface area contributed by atoms with Crippen LogP contribution >= 0.6 is 24.0 Å². The van der Waals surface area contributed by atoms with Crippen LogP contribution in [-0.4, -0.2) is 16.8 Å². The maximum absolute atomic E-state index is 6.07. The molecule has 4 nitrogen and oxygen atoms in total. The van der Waals surface area contributed by atoms with Gasteiger partial charge in [-0.25, -0.2) is 4.68 Å². The first-order chi connectivity index (χ1) is 11.3. The minimum atomic E-state index is 0. The number of benzene rings is 1. The molecule has 0 aliphatic heterocycles. The first-order valence-corrected chi connectivity index (χ1v) is 8.74. The molecule has 1 fully saturated rings. The lowest BCUT2D eigenvalue weighted by molar-refractivity contribution is 0.237. The van der Waals surface area contributed by atoms with Crippen LogP contribution in [0.25, 0.3) is 0 Å². The van der Waals surface area contributed by atoms with Gasteiger partial charge in [0.1, 0.15) is 6.61 Å². The van der Waals surface area contributed by atoms with Crippen LogP contribution in [0.3, 0.4) is 0 Å². The summed E-state index contributed by atoms with van der Waals surface area (Å²) in [5.41, 5.74) is 2.10. The minimum absolute atomic E-state index is 0. The van der Waals surface area contributed by atoms with Crippen molar-refractivity contribution in [2.45, 2.75) is 51.3 Å². The van der Waals surface area contributed by atoms with Gasteiger partial charge in [-0.1, -0.05) is 43.0 Å². The quantitative estimate of drug-likeness (QED) is 0.797. The molecule has 1 saturated carbocycles. The number of rotatable bonds is 6. The predicted octanol–water partition coefficient (Wildman–Crippen LogP) is 4.76. The number of halogens is 2. The molecule has 132 valence electrons. The Morgan fingerprint density at radius 3 is 2.75 bits per heavy atom. The van der Waals surface area contributed by atoms with E-state index < -0.39 is 0 Å². The van der Waals surface area contributed by atoms with E-state index in [2.05, 4.69) is 16.1 Å². The van der Waals surface area contributed by atoms with E-state index in [1.54, 1.807) is 0 Å². The van der Waals surface area contributed by atoms with Gasteiger partial charge in [0.25, 0.3) is 0 Å². The second kappa shape index (κ2) is 9.30. The van der Waals surface area contributed by atoms with Gasteiger partial charge in [0.05, 0.1) is 11.7 Å². The fourth-order valence-electron chi connectivity index (χ4n) is 3.17. The van der Waals surface area contributed by atoms with Crippen LogP contribution in [0.1, 0.15) is 49.4 Å². The Hall–Kier alpha value is -1.23. The fraction of sp³-hybridized carbons (Fsp3) is 0.500. The number of aromatic nitrogens is 2. The third-order valence-corrected chi connectivity index (χ3v) is 4.54. The summed E-state index contributed by atoms with van der Waals surface area (Å²) >= 11 is 6.04. The largest absolute Gasteiger partial charge is 0.473 e. The topological polar surface area (TPSA) is 39.1 Å². The number of ether oxygens (including phenoxy) is 1. The average molecular weight is 370 g/mol. The first kappa shape index (κ1) is 19.1. The van der Waals surface area contributed by atoms with Gasteiger partial charge in [-0.05, 0) is 37.6 Å². The van der Waals surface area contributed by atoms with Crippen LogP contribution in [0.15, 0.2) is 30.3 Å². The molecule has 1 aliphatic carbocycles. The molecule has 0 saturated heterocycles. The van der Waals surface area contributed by atoms with Gasteiger partial charge in [-0.3, -0.25) is 0 Å². The lowest BCUT2D eigenvalue weighted by atomic mass is 9.96. The lowest BCUT2D eigenvalue weighted by Gasteiger charge is -2.23. The summed E-state index contributed by atoms with van der Waals surface area (Å²) in [7, 11) is 1.94. The molecule has 0 radical (unpaired) electrons. The van der Waals surface area contributed by atoms with Crippen molar-refractivity contribution in [1.29, 1.82) is 0 Å². The van der Waals surface area contributed by atoms with Crippen LogP contribution in [0, 0.1) is 0 Å². The second-order valence-corrected chi connectivity index (χ2v) is 6.60. The monoisotopic (exact) mass is 369 g/mol. The van der Waals surface area contributed by atoms with Crippen LogP contribution in [0.5, 0.6) is 5.88 Å². The van der Waals surface area contributed by atoms with Crippen molar-refractivity contribution >= 4 is 24.0 Å². The van der Waals surface area contributed by atoms with Crippen LogP contribution in [0.4, 0.5) is 0 Å². The van der Waals surface area contributed by atoms with E-state index in [1.807, 2.05) is 31.3 Å². The molecule has 1 aromatic heterocycles. The molecular formula is C18H25Cl2N3O. The zero-order valence-corrected chi connectivity index (χ0v) is 15.6. The molecule has 0 bridgehead atoms. The maximum atomic E-state index is 6.07. The number of hydrogen-bond acceptors (Lipinski definition) is 3. The molecule has 1 N–H and O–H groups in total. The van der Waals surface area contributed by atoms with E-state index in [9.17, 15) is 0 Å². The van der Waals surface area contributed by atoms with Crippen molar-refractivity contribution in [3.63, 3.8) is 0 Å². The highest BCUT2D eigenvalue weighted by Crippen LogP contribution is 2.32. The van der Waals surface area contributed by atoms with Crippen molar-refractivity contribution in [3.8, 4) is 5.88 Å². The third-order valence-electron chi connectivity index (χ3n) is 4.31. The minimum Gasteiger partial charge on any atom is -0.473 e.